The van der Waals surface area contributed by atoms with E-state index in [9.17, 15) is 14.4 Å². The zero-order valence-electron chi connectivity index (χ0n) is 19.7. The first-order chi connectivity index (χ1) is 17.3. The minimum atomic E-state index is -0.591. The molecule has 10 heteroatoms. The molecule has 2 aromatic carbocycles. The lowest BCUT2D eigenvalue weighted by atomic mass is 10.1. The van der Waals surface area contributed by atoms with Gasteiger partial charge in [-0.25, -0.2) is 4.79 Å². The second-order valence-electron chi connectivity index (χ2n) is 7.75. The van der Waals surface area contributed by atoms with Gasteiger partial charge in [0.25, 0.3) is 11.8 Å². The van der Waals surface area contributed by atoms with Gasteiger partial charge in [-0.2, -0.15) is 0 Å². The normalized spacial score (nSPS) is 14.6. The summed E-state index contributed by atoms with van der Waals surface area (Å²) in [6.07, 6.45) is 1.46. The lowest BCUT2D eigenvalue weighted by Crippen LogP contribution is -2.54. The van der Waals surface area contributed by atoms with Gasteiger partial charge in [-0.05, 0) is 67.2 Å². The molecule has 0 radical (unpaired) electrons. The average Bonchev–Trinajstić information content (AvgIpc) is 3.35. The maximum atomic E-state index is 13.2. The first kappa shape index (κ1) is 24.7. The van der Waals surface area contributed by atoms with Crippen LogP contribution in [-0.4, -0.2) is 37.1 Å². The van der Waals surface area contributed by atoms with Crippen molar-refractivity contribution in [3.05, 3.63) is 82.8 Å². The lowest BCUT2D eigenvalue weighted by Gasteiger charge is -2.29. The minimum absolute atomic E-state index is 0.0145. The first-order valence-corrected chi connectivity index (χ1v) is 11.2. The van der Waals surface area contributed by atoms with Gasteiger partial charge in [-0.1, -0.05) is 23.8 Å². The number of esters is 1. The highest BCUT2D eigenvalue weighted by Gasteiger charge is 2.34. The number of hydrogen-bond acceptors (Lipinski definition) is 8. The third kappa shape index (κ3) is 5.13. The van der Waals surface area contributed by atoms with E-state index in [0.29, 0.717) is 28.5 Å². The molecular weight excluding hydrogens is 484 g/mol. The van der Waals surface area contributed by atoms with E-state index < -0.39 is 17.8 Å². The van der Waals surface area contributed by atoms with Crippen molar-refractivity contribution < 1.29 is 33.0 Å². The largest absolute Gasteiger partial charge is 0.493 e. The van der Waals surface area contributed by atoms with Crippen molar-refractivity contribution in [3.63, 3.8) is 0 Å². The van der Waals surface area contributed by atoms with Crippen LogP contribution in [0.4, 0.5) is 5.69 Å². The highest BCUT2D eigenvalue weighted by atomic mass is 32.1. The Balaban J connectivity index is 1.55. The summed E-state index contributed by atoms with van der Waals surface area (Å²) in [5.74, 6) is -0.451. The van der Waals surface area contributed by atoms with Gasteiger partial charge in [0.1, 0.15) is 17.9 Å². The highest BCUT2D eigenvalue weighted by Crippen LogP contribution is 2.31. The van der Waals surface area contributed by atoms with Gasteiger partial charge in [-0.3, -0.25) is 19.8 Å². The minimum Gasteiger partial charge on any atom is -0.493 e. The number of nitrogens with zero attached hydrogens (tertiary/aromatic N) is 1. The molecule has 0 saturated carbocycles. The Morgan fingerprint density at radius 3 is 2.50 bits per heavy atom. The smallest absolute Gasteiger partial charge is 0.373 e. The SMILES string of the molecule is COC(=O)c1ccc(COc2ccc(/C=C3/C(=O)NC(=S)N(c4ccc(C)cc4)C3=O)cc2OC)o1. The summed E-state index contributed by atoms with van der Waals surface area (Å²) in [7, 11) is 2.74. The number of ether oxygens (including phenoxy) is 3. The molecule has 2 heterocycles. The summed E-state index contributed by atoms with van der Waals surface area (Å²) in [5, 5.41) is 2.58. The Morgan fingerprint density at radius 2 is 1.81 bits per heavy atom. The number of hydrogen-bond donors (Lipinski definition) is 1. The summed E-state index contributed by atoms with van der Waals surface area (Å²) in [4.78, 5) is 38.6. The van der Waals surface area contributed by atoms with Crippen LogP contribution >= 0.6 is 12.2 Å². The summed E-state index contributed by atoms with van der Waals surface area (Å²) >= 11 is 5.24. The molecule has 9 nitrogen and oxygen atoms in total. The van der Waals surface area contributed by atoms with Crippen LogP contribution < -0.4 is 19.7 Å². The topological polar surface area (TPSA) is 107 Å². The van der Waals surface area contributed by atoms with Crippen molar-refractivity contribution in [2.75, 3.05) is 19.1 Å². The van der Waals surface area contributed by atoms with Crippen LogP contribution in [0.25, 0.3) is 6.08 Å². The Bertz CT molecular complexity index is 1380. The number of aryl methyl sites for hydroxylation is 1. The second kappa shape index (κ2) is 10.4. The van der Waals surface area contributed by atoms with Gasteiger partial charge >= 0.3 is 5.97 Å². The first-order valence-electron chi connectivity index (χ1n) is 10.8. The van der Waals surface area contributed by atoms with Gasteiger partial charge in [0, 0.05) is 0 Å². The van der Waals surface area contributed by atoms with E-state index in [-0.39, 0.29) is 23.1 Å². The van der Waals surface area contributed by atoms with E-state index in [0.717, 1.165) is 5.56 Å². The number of benzene rings is 2. The van der Waals surface area contributed by atoms with Crippen molar-refractivity contribution in [2.24, 2.45) is 0 Å². The van der Waals surface area contributed by atoms with Gasteiger partial charge in [0.05, 0.1) is 19.9 Å². The molecule has 36 heavy (non-hydrogen) atoms. The van der Waals surface area contributed by atoms with Gasteiger partial charge in [0.15, 0.2) is 16.6 Å². The Hall–Kier alpha value is -4.44. The van der Waals surface area contributed by atoms with E-state index in [2.05, 4.69) is 10.1 Å². The molecule has 4 rings (SSSR count). The van der Waals surface area contributed by atoms with Crippen LogP contribution in [0.5, 0.6) is 11.5 Å². The van der Waals surface area contributed by atoms with Gasteiger partial charge in [0.2, 0.25) is 5.76 Å². The predicted molar refractivity (Wildman–Crippen MR) is 135 cm³/mol. The van der Waals surface area contributed by atoms with E-state index in [1.165, 1.54) is 31.3 Å². The molecule has 0 unspecified atom stereocenters. The summed E-state index contributed by atoms with van der Waals surface area (Å²) in [6.45, 7) is 1.97. The van der Waals surface area contributed by atoms with Crippen molar-refractivity contribution in [2.45, 2.75) is 13.5 Å². The standard InChI is InChI=1S/C26H22N2O7S/c1-15-4-7-17(8-5-15)28-24(30)19(23(29)27-26(28)36)12-16-6-10-20(22(13-16)32-2)34-14-18-9-11-21(35-18)25(31)33-3/h4-13H,14H2,1-3H3,(H,27,29,36)/b19-12-. The molecule has 0 aliphatic carbocycles. The fourth-order valence-corrected chi connectivity index (χ4v) is 3.74. The Kier molecular flexibility index (Phi) is 7.16. The van der Waals surface area contributed by atoms with Crippen molar-refractivity contribution in [1.29, 1.82) is 0 Å². The summed E-state index contributed by atoms with van der Waals surface area (Å²) < 4.78 is 21.2. The van der Waals surface area contributed by atoms with E-state index in [1.807, 2.05) is 19.1 Å². The average molecular weight is 507 g/mol. The molecule has 1 N–H and O–H groups in total. The molecule has 1 saturated heterocycles. The summed E-state index contributed by atoms with van der Waals surface area (Å²) in [6, 6.07) is 15.3. The van der Waals surface area contributed by atoms with E-state index >= 15 is 0 Å². The maximum Gasteiger partial charge on any atom is 0.373 e. The van der Waals surface area contributed by atoms with Gasteiger partial charge in [-0.15, -0.1) is 0 Å². The zero-order valence-corrected chi connectivity index (χ0v) is 20.5. The van der Waals surface area contributed by atoms with E-state index in [1.54, 1.807) is 36.4 Å². The number of carbonyl (C=O) groups is 3. The number of amides is 2. The van der Waals surface area contributed by atoms with Crippen LogP contribution in [0.15, 0.2) is 64.6 Å². The molecule has 0 atom stereocenters. The fourth-order valence-electron chi connectivity index (χ4n) is 3.46. The van der Waals surface area contributed by atoms with Crippen molar-refractivity contribution in [1.82, 2.24) is 5.32 Å². The molecule has 0 spiro atoms. The second-order valence-corrected chi connectivity index (χ2v) is 8.14. The van der Waals surface area contributed by atoms with Crippen LogP contribution in [0, 0.1) is 6.92 Å². The van der Waals surface area contributed by atoms with Crippen LogP contribution in [-0.2, 0) is 20.9 Å². The van der Waals surface area contributed by atoms with Crippen LogP contribution in [0.2, 0.25) is 0 Å². The molecular formula is C26H22N2O7S. The lowest BCUT2D eigenvalue weighted by molar-refractivity contribution is -0.122. The molecule has 1 aliphatic rings. The summed E-state index contributed by atoms with van der Waals surface area (Å²) in [5.41, 5.74) is 2.04. The molecule has 0 bridgehead atoms. The number of anilines is 1. The highest BCUT2D eigenvalue weighted by molar-refractivity contribution is 7.80. The molecule has 1 aromatic heterocycles. The quantitative estimate of drug-likeness (QED) is 0.223. The maximum absolute atomic E-state index is 13.2. The molecule has 3 aromatic rings. The fraction of sp³-hybridized carbons (Fsp3) is 0.154. The van der Waals surface area contributed by atoms with Crippen LogP contribution in [0.1, 0.15) is 27.4 Å². The Morgan fingerprint density at radius 1 is 1.06 bits per heavy atom. The van der Waals surface area contributed by atoms with Crippen molar-refractivity contribution >= 4 is 46.9 Å². The van der Waals surface area contributed by atoms with Crippen LogP contribution in [0.3, 0.4) is 0 Å². The van der Waals surface area contributed by atoms with Gasteiger partial charge < -0.3 is 18.6 Å². The molecule has 1 aliphatic heterocycles. The predicted octanol–water partition coefficient (Wildman–Crippen LogP) is 3.79. The van der Waals surface area contributed by atoms with E-state index in [4.69, 9.17) is 26.1 Å². The number of carbonyl (C=O) groups excluding carboxylic acids is 3. The molecule has 2 amide bonds. The number of thiocarbonyl (C=S) groups is 1. The third-order valence-electron chi connectivity index (χ3n) is 5.31. The Labute approximate surface area is 212 Å². The number of rotatable bonds is 7. The zero-order chi connectivity index (χ0) is 25.8. The number of furan rings is 1. The monoisotopic (exact) mass is 506 g/mol. The molecule has 1 fully saturated rings. The van der Waals surface area contributed by atoms with Crippen molar-refractivity contribution in [3.8, 4) is 11.5 Å². The number of nitrogens with one attached hydrogen (secondary N) is 1. The third-order valence-corrected chi connectivity index (χ3v) is 5.60. The number of methoxy groups -OCH3 is 2. The molecule has 184 valence electrons.